The van der Waals surface area contributed by atoms with Crippen LogP contribution >= 0.6 is 0 Å². The fraction of sp³-hybridized carbons (Fsp3) is 0.417. The molecule has 0 saturated heterocycles. The van der Waals surface area contributed by atoms with E-state index in [9.17, 15) is 14.9 Å². The van der Waals surface area contributed by atoms with Crippen molar-refractivity contribution in [3.05, 3.63) is 28.3 Å². The van der Waals surface area contributed by atoms with Gasteiger partial charge in [0.15, 0.2) is 0 Å². The summed E-state index contributed by atoms with van der Waals surface area (Å²) in [4.78, 5) is 21.9. The van der Waals surface area contributed by atoms with E-state index >= 15 is 0 Å². The maximum atomic E-state index is 11.7. The zero-order valence-electron chi connectivity index (χ0n) is 10.1. The highest BCUT2D eigenvalue weighted by molar-refractivity contribution is 5.81. The Bertz CT molecular complexity index is 507. The summed E-state index contributed by atoms with van der Waals surface area (Å²) in [7, 11) is 1.33. The number of carbonyl (C=O) groups excluding carboxylic acids is 1. The number of methoxy groups -OCH3 is 1. The number of esters is 1. The Hall–Kier alpha value is -2.11. The first-order chi connectivity index (χ1) is 8.46. The number of carbonyl (C=O) groups is 1. The first kappa shape index (κ1) is 12.3. The third-order valence-electron chi connectivity index (χ3n) is 3.05. The van der Waals surface area contributed by atoms with Crippen LogP contribution in [-0.4, -0.2) is 18.0 Å². The van der Waals surface area contributed by atoms with Crippen LogP contribution in [0.3, 0.4) is 0 Å². The van der Waals surface area contributed by atoms with E-state index in [2.05, 4.69) is 0 Å². The van der Waals surface area contributed by atoms with Crippen molar-refractivity contribution < 1.29 is 19.2 Å². The lowest BCUT2D eigenvalue weighted by atomic mass is 10.1. The van der Waals surface area contributed by atoms with E-state index in [1.165, 1.54) is 25.3 Å². The standard InChI is InChI=1S/C12H13NO5/c1-12(5-6-12)11(14)18-8-3-4-9(13(15)16)10(7-8)17-2/h3-4,7H,5-6H2,1-2H3. The second kappa shape index (κ2) is 4.29. The molecule has 2 rings (SSSR count). The lowest BCUT2D eigenvalue weighted by Crippen LogP contribution is -2.18. The van der Waals surface area contributed by atoms with Gasteiger partial charge in [-0.3, -0.25) is 14.9 Å². The number of nitrogens with zero attached hydrogens (tertiary/aromatic N) is 1. The van der Waals surface area contributed by atoms with Crippen LogP contribution in [0, 0.1) is 15.5 Å². The van der Waals surface area contributed by atoms with E-state index in [1.54, 1.807) is 0 Å². The number of nitro groups is 1. The minimum absolute atomic E-state index is 0.0752. The van der Waals surface area contributed by atoms with E-state index in [0.29, 0.717) is 0 Å². The van der Waals surface area contributed by atoms with Gasteiger partial charge in [0, 0.05) is 12.1 Å². The largest absolute Gasteiger partial charge is 0.490 e. The molecule has 96 valence electrons. The molecule has 0 aromatic heterocycles. The summed E-state index contributed by atoms with van der Waals surface area (Å²) in [6.07, 6.45) is 1.63. The minimum Gasteiger partial charge on any atom is -0.490 e. The molecule has 0 bridgehead atoms. The summed E-state index contributed by atoms with van der Waals surface area (Å²) in [6, 6.07) is 4.00. The second-order valence-corrected chi connectivity index (χ2v) is 4.54. The van der Waals surface area contributed by atoms with Crippen LogP contribution in [0.15, 0.2) is 18.2 Å². The molecule has 0 unspecified atom stereocenters. The molecule has 0 N–H and O–H groups in total. The van der Waals surface area contributed by atoms with Crippen LogP contribution in [0.4, 0.5) is 5.69 Å². The average Bonchev–Trinajstić information content (AvgIpc) is 3.08. The molecule has 1 aliphatic rings. The van der Waals surface area contributed by atoms with Gasteiger partial charge in [-0.15, -0.1) is 0 Å². The first-order valence-electron chi connectivity index (χ1n) is 5.51. The van der Waals surface area contributed by atoms with Crippen molar-refractivity contribution >= 4 is 11.7 Å². The predicted molar refractivity (Wildman–Crippen MR) is 62.6 cm³/mol. The van der Waals surface area contributed by atoms with E-state index in [4.69, 9.17) is 9.47 Å². The Kier molecular flexibility index (Phi) is 2.94. The maximum absolute atomic E-state index is 11.7. The number of hydrogen-bond donors (Lipinski definition) is 0. The average molecular weight is 251 g/mol. The van der Waals surface area contributed by atoms with Crippen LogP contribution in [0.1, 0.15) is 19.8 Å². The lowest BCUT2D eigenvalue weighted by Gasteiger charge is -2.09. The number of benzene rings is 1. The summed E-state index contributed by atoms with van der Waals surface area (Å²) < 4.78 is 10.1. The van der Waals surface area contributed by atoms with Crippen LogP contribution in [0.5, 0.6) is 11.5 Å². The summed E-state index contributed by atoms with van der Waals surface area (Å²) >= 11 is 0. The van der Waals surface area contributed by atoms with Gasteiger partial charge in [-0.2, -0.15) is 0 Å². The lowest BCUT2D eigenvalue weighted by molar-refractivity contribution is -0.385. The topological polar surface area (TPSA) is 78.7 Å². The Morgan fingerprint density at radius 3 is 2.61 bits per heavy atom. The third kappa shape index (κ3) is 2.27. The van der Waals surface area contributed by atoms with Crippen LogP contribution in [-0.2, 0) is 4.79 Å². The van der Waals surface area contributed by atoms with E-state index in [1.807, 2.05) is 6.92 Å². The summed E-state index contributed by atoms with van der Waals surface area (Å²) in [5.74, 6) is 0.0280. The number of ether oxygens (including phenoxy) is 2. The zero-order chi connectivity index (χ0) is 13.3. The predicted octanol–water partition coefficient (Wildman–Crippen LogP) is 2.31. The van der Waals surface area contributed by atoms with Gasteiger partial charge in [0.25, 0.3) is 0 Å². The number of nitro benzene ring substituents is 1. The monoisotopic (exact) mass is 251 g/mol. The number of hydrogen-bond acceptors (Lipinski definition) is 5. The van der Waals surface area contributed by atoms with Gasteiger partial charge in [-0.05, 0) is 25.8 Å². The molecular weight excluding hydrogens is 238 g/mol. The molecule has 0 heterocycles. The van der Waals surface area contributed by atoms with Crippen molar-refractivity contribution in [3.63, 3.8) is 0 Å². The molecular formula is C12H13NO5. The van der Waals surface area contributed by atoms with E-state index in [0.717, 1.165) is 12.8 Å². The molecule has 1 aromatic carbocycles. The molecule has 0 aliphatic heterocycles. The highest BCUT2D eigenvalue weighted by Gasteiger charge is 2.46. The van der Waals surface area contributed by atoms with Gasteiger partial charge >= 0.3 is 11.7 Å². The minimum atomic E-state index is -0.549. The van der Waals surface area contributed by atoms with Crippen molar-refractivity contribution in [1.82, 2.24) is 0 Å². The fourth-order valence-corrected chi connectivity index (χ4v) is 1.49. The molecule has 1 fully saturated rings. The van der Waals surface area contributed by atoms with Crippen LogP contribution in [0.2, 0.25) is 0 Å². The van der Waals surface area contributed by atoms with E-state index in [-0.39, 0.29) is 23.2 Å². The number of rotatable bonds is 4. The van der Waals surface area contributed by atoms with Gasteiger partial charge in [-0.25, -0.2) is 0 Å². The van der Waals surface area contributed by atoms with Crippen LogP contribution < -0.4 is 9.47 Å². The molecule has 0 spiro atoms. The Morgan fingerprint density at radius 2 is 2.11 bits per heavy atom. The first-order valence-corrected chi connectivity index (χ1v) is 5.51. The van der Waals surface area contributed by atoms with Crippen molar-refractivity contribution in [2.45, 2.75) is 19.8 Å². The van der Waals surface area contributed by atoms with Gasteiger partial charge < -0.3 is 9.47 Å². The molecule has 1 aliphatic carbocycles. The highest BCUT2D eigenvalue weighted by atomic mass is 16.6. The van der Waals surface area contributed by atoms with Gasteiger partial charge in [-0.1, -0.05) is 0 Å². The smallest absolute Gasteiger partial charge is 0.317 e. The van der Waals surface area contributed by atoms with Gasteiger partial charge in [0.2, 0.25) is 5.75 Å². The normalized spacial score (nSPS) is 15.9. The summed E-state index contributed by atoms with van der Waals surface area (Å²) in [5.41, 5.74) is -0.551. The van der Waals surface area contributed by atoms with Crippen LogP contribution in [0.25, 0.3) is 0 Å². The van der Waals surface area contributed by atoms with Gasteiger partial charge in [0.1, 0.15) is 5.75 Å². The van der Waals surface area contributed by atoms with E-state index < -0.39 is 10.3 Å². The molecule has 6 heteroatoms. The van der Waals surface area contributed by atoms with Gasteiger partial charge in [0.05, 0.1) is 17.4 Å². The Morgan fingerprint density at radius 1 is 1.44 bits per heavy atom. The maximum Gasteiger partial charge on any atom is 0.317 e. The SMILES string of the molecule is COc1cc(OC(=O)C2(C)CC2)ccc1[N+](=O)[O-]. The quantitative estimate of drug-likeness (QED) is 0.355. The summed E-state index contributed by atoms with van der Waals surface area (Å²) in [6.45, 7) is 1.83. The molecule has 0 atom stereocenters. The van der Waals surface area contributed by atoms with Crippen molar-refractivity contribution in [2.24, 2.45) is 5.41 Å². The molecule has 1 aromatic rings. The van der Waals surface area contributed by atoms with Crippen molar-refractivity contribution in [3.8, 4) is 11.5 Å². The second-order valence-electron chi connectivity index (χ2n) is 4.54. The highest BCUT2D eigenvalue weighted by Crippen LogP contribution is 2.46. The molecule has 6 nitrogen and oxygen atoms in total. The fourth-order valence-electron chi connectivity index (χ4n) is 1.49. The molecule has 0 amide bonds. The zero-order valence-corrected chi connectivity index (χ0v) is 10.1. The molecule has 18 heavy (non-hydrogen) atoms. The Balaban J connectivity index is 2.19. The third-order valence-corrected chi connectivity index (χ3v) is 3.05. The summed E-state index contributed by atoms with van der Waals surface area (Å²) in [5, 5.41) is 10.7. The Labute approximate surface area is 104 Å². The molecule has 1 saturated carbocycles. The van der Waals surface area contributed by atoms with Crippen molar-refractivity contribution in [1.29, 1.82) is 0 Å². The molecule has 0 radical (unpaired) electrons. The van der Waals surface area contributed by atoms with Crippen molar-refractivity contribution in [2.75, 3.05) is 7.11 Å².